The molecule has 7 nitrogen and oxygen atoms in total. The van der Waals surface area contributed by atoms with E-state index < -0.39 is 18.1 Å². The third-order valence-electron chi connectivity index (χ3n) is 5.16. The van der Waals surface area contributed by atoms with Crippen molar-refractivity contribution in [2.45, 2.75) is 25.5 Å². The van der Waals surface area contributed by atoms with Crippen LogP contribution in [0.1, 0.15) is 24.9 Å². The molecule has 0 aliphatic heterocycles. The monoisotopic (exact) mass is 429 g/mol. The fourth-order valence-corrected chi connectivity index (χ4v) is 3.57. The molecule has 4 aromatic rings. The molecule has 0 spiro atoms. The number of carbonyl (C=O) groups is 2. The van der Waals surface area contributed by atoms with E-state index in [9.17, 15) is 14.7 Å². The number of carboxylic acids is 1. The van der Waals surface area contributed by atoms with Gasteiger partial charge in [0.1, 0.15) is 5.75 Å². The minimum atomic E-state index is -0.906. The van der Waals surface area contributed by atoms with E-state index in [0.29, 0.717) is 17.0 Å². The van der Waals surface area contributed by atoms with Crippen LogP contribution < -0.4 is 10.1 Å². The van der Waals surface area contributed by atoms with E-state index in [1.165, 1.54) is 0 Å². The maximum absolute atomic E-state index is 12.6. The molecule has 32 heavy (non-hydrogen) atoms. The average molecular weight is 429 g/mol. The summed E-state index contributed by atoms with van der Waals surface area (Å²) in [5.74, 6) is -0.579. The number of hydrogen-bond acceptors (Lipinski definition) is 4. The highest BCUT2D eigenvalue weighted by molar-refractivity contribution is 5.96. The molecule has 3 aromatic carbocycles. The van der Waals surface area contributed by atoms with Gasteiger partial charge in [0.2, 0.25) is 0 Å². The molecule has 0 aliphatic carbocycles. The number of fused-ring (bicyclic) bond motifs is 1. The number of aromatic nitrogens is 2. The van der Waals surface area contributed by atoms with Gasteiger partial charge in [-0.15, -0.1) is 0 Å². The molecule has 1 aromatic heterocycles. The quantitative estimate of drug-likeness (QED) is 0.430. The Hall–Kier alpha value is -4.13. The Morgan fingerprint density at radius 1 is 1.03 bits per heavy atom. The largest absolute Gasteiger partial charge is 0.481 e. The van der Waals surface area contributed by atoms with Crippen molar-refractivity contribution < 1.29 is 19.4 Å². The third kappa shape index (κ3) is 4.78. The van der Waals surface area contributed by atoms with Gasteiger partial charge in [-0.05, 0) is 42.8 Å². The number of amides is 1. The highest BCUT2D eigenvalue weighted by Crippen LogP contribution is 2.28. The van der Waals surface area contributed by atoms with Crippen LogP contribution in [0.5, 0.6) is 5.75 Å². The molecule has 1 amide bonds. The Bertz CT molecular complexity index is 1220. The summed E-state index contributed by atoms with van der Waals surface area (Å²) in [4.78, 5) is 28.6. The second kappa shape index (κ2) is 9.34. The molecule has 1 heterocycles. The summed E-state index contributed by atoms with van der Waals surface area (Å²) in [6.07, 6.45) is 0.855. The van der Waals surface area contributed by atoms with Crippen molar-refractivity contribution in [2.75, 3.05) is 5.32 Å². The number of carbonyl (C=O) groups excluding carboxylic acids is 1. The minimum Gasteiger partial charge on any atom is -0.481 e. The number of nitrogens with zero attached hydrogens (tertiary/aromatic N) is 2. The number of hydrogen-bond donors (Lipinski definition) is 2. The number of carboxylic acid groups (broad SMARTS) is 1. The number of imidazole rings is 1. The molecule has 4 rings (SSSR count). The maximum Gasteiger partial charge on any atom is 0.305 e. The lowest BCUT2D eigenvalue weighted by Crippen LogP contribution is -2.30. The number of ether oxygens (including phenoxy) is 1. The average Bonchev–Trinajstić information content (AvgIpc) is 3.21. The molecule has 7 heteroatoms. The topological polar surface area (TPSA) is 93.5 Å². The van der Waals surface area contributed by atoms with Crippen LogP contribution in [-0.2, 0) is 9.59 Å². The van der Waals surface area contributed by atoms with Crippen LogP contribution in [0.2, 0.25) is 0 Å². The highest BCUT2D eigenvalue weighted by Gasteiger charge is 2.20. The van der Waals surface area contributed by atoms with Gasteiger partial charge in [-0.3, -0.25) is 9.59 Å². The number of rotatable bonds is 8. The number of benzene rings is 3. The van der Waals surface area contributed by atoms with Crippen LogP contribution in [0.3, 0.4) is 0 Å². The number of nitrogens with one attached hydrogen (secondary N) is 1. The Kier molecular flexibility index (Phi) is 6.17. The van der Waals surface area contributed by atoms with Crippen molar-refractivity contribution in [3.05, 3.63) is 90.8 Å². The summed E-state index contributed by atoms with van der Waals surface area (Å²) in [7, 11) is 0. The van der Waals surface area contributed by atoms with Crippen LogP contribution >= 0.6 is 0 Å². The van der Waals surface area contributed by atoms with E-state index >= 15 is 0 Å². The molecule has 0 saturated carbocycles. The van der Waals surface area contributed by atoms with Gasteiger partial charge < -0.3 is 19.7 Å². The van der Waals surface area contributed by atoms with E-state index in [2.05, 4.69) is 10.3 Å². The number of para-hydroxylation sites is 1. The molecular weight excluding hydrogens is 406 g/mol. The van der Waals surface area contributed by atoms with Crippen molar-refractivity contribution in [1.82, 2.24) is 9.55 Å². The zero-order valence-corrected chi connectivity index (χ0v) is 17.5. The lowest BCUT2D eigenvalue weighted by Gasteiger charge is -2.19. The summed E-state index contributed by atoms with van der Waals surface area (Å²) >= 11 is 0. The summed E-state index contributed by atoms with van der Waals surface area (Å²) in [5.41, 5.74) is 2.89. The molecule has 0 aliphatic rings. The standard InChI is InChI=1S/C25H23N3O4/c1-17(32-20-10-6-3-7-11-20)25(31)27-19-12-13-21-23(14-19)28(16-26-21)22(15-24(29)30)18-8-4-2-5-9-18/h2-14,16-17,22H,15H2,1H3,(H,27,31)(H,29,30). The first-order valence-corrected chi connectivity index (χ1v) is 10.3. The molecule has 162 valence electrons. The lowest BCUT2D eigenvalue weighted by atomic mass is 10.0. The predicted octanol–water partition coefficient (Wildman–Crippen LogP) is 4.51. The third-order valence-corrected chi connectivity index (χ3v) is 5.16. The van der Waals surface area contributed by atoms with E-state index in [0.717, 1.165) is 11.1 Å². The Morgan fingerprint density at radius 2 is 1.72 bits per heavy atom. The Morgan fingerprint density at radius 3 is 2.41 bits per heavy atom. The van der Waals surface area contributed by atoms with Crippen LogP contribution in [0.25, 0.3) is 11.0 Å². The van der Waals surface area contributed by atoms with Crippen molar-refractivity contribution in [2.24, 2.45) is 0 Å². The van der Waals surface area contributed by atoms with Crippen LogP contribution in [0, 0.1) is 0 Å². The lowest BCUT2D eigenvalue weighted by molar-refractivity contribution is -0.137. The summed E-state index contributed by atoms with van der Waals surface area (Å²) < 4.78 is 7.52. The van der Waals surface area contributed by atoms with Gasteiger partial charge in [0.25, 0.3) is 5.91 Å². The first-order valence-electron chi connectivity index (χ1n) is 10.3. The van der Waals surface area contributed by atoms with Gasteiger partial charge in [-0.1, -0.05) is 48.5 Å². The summed E-state index contributed by atoms with van der Waals surface area (Å²) in [6, 6.07) is 23.5. The second-order valence-corrected chi connectivity index (χ2v) is 7.44. The zero-order chi connectivity index (χ0) is 22.5. The summed E-state index contributed by atoms with van der Waals surface area (Å²) in [6.45, 7) is 1.68. The number of aliphatic carboxylic acids is 1. The van der Waals surface area contributed by atoms with Crippen LogP contribution in [0.4, 0.5) is 5.69 Å². The fourth-order valence-electron chi connectivity index (χ4n) is 3.57. The van der Waals surface area contributed by atoms with Gasteiger partial charge in [0.05, 0.1) is 29.8 Å². The SMILES string of the molecule is CC(Oc1ccccc1)C(=O)Nc1ccc2ncn(C(CC(=O)O)c3ccccc3)c2c1. The fraction of sp³-hybridized carbons (Fsp3) is 0.160. The van der Waals surface area contributed by atoms with Gasteiger partial charge in [0, 0.05) is 5.69 Å². The molecule has 0 saturated heterocycles. The minimum absolute atomic E-state index is 0.0893. The van der Waals surface area contributed by atoms with Crippen LogP contribution in [-0.4, -0.2) is 32.6 Å². The molecule has 0 fully saturated rings. The van der Waals surface area contributed by atoms with E-state index in [-0.39, 0.29) is 12.3 Å². The smallest absolute Gasteiger partial charge is 0.305 e. The number of anilines is 1. The van der Waals surface area contributed by atoms with Crippen molar-refractivity contribution in [3.63, 3.8) is 0 Å². The van der Waals surface area contributed by atoms with Crippen molar-refractivity contribution in [1.29, 1.82) is 0 Å². The second-order valence-electron chi connectivity index (χ2n) is 7.44. The van der Waals surface area contributed by atoms with Crippen molar-refractivity contribution >= 4 is 28.6 Å². The normalized spacial score (nSPS) is 12.8. The van der Waals surface area contributed by atoms with E-state index in [1.807, 2.05) is 53.1 Å². The van der Waals surface area contributed by atoms with Crippen LogP contribution in [0.15, 0.2) is 85.2 Å². The van der Waals surface area contributed by atoms with E-state index in [1.54, 1.807) is 43.6 Å². The van der Waals surface area contributed by atoms with E-state index in [4.69, 9.17) is 4.74 Å². The van der Waals surface area contributed by atoms with Gasteiger partial charge >= 0.3 is 5.97 Å². The first kappa shape index (κ1) is 21.1. The highest BCUT2D eigenvalue weighted by atomic mass is 16.5. The predicted molar refractivity (Wildman–Crippen MR) is 122 cm³/mol. The Balaban J connectivity index is 1.59. The van der Waals surface area contributed by atoms with Gasteiger partial charge in [-0.2, -0.15) is 0 Å². The van der Waals surface area contributed by atoms with Gasteiger partial charge in [-0.25, -0.2) is 4.98 Å². The molecule has 2 unspecified atom stereocenters. The molecule has 2 atom stereocenters. The molecule has 0 bridgehead atoms. The summed E-state index contributed by atoms with van der Waals surface area (Å²) in [5, 5.41) is 12.3. The maximum atomic E-state index is 12.6. The molecule has 2 N–H and O–H groups in total. The Labute approximate surface area is 185 Å². The molecule has 0 radical (unpaired) electrons. The zero-order valence-electron chi connectivity index (χ0n) is 17.5. The van der Waals surface area contributed by atoms with Crippen molar-refractivity contribution in [3.8, 4) is 5.75 Å². The first-order chi connectivity index (χ1) is 15.5. The van der Waals surface area contributed by atoms with Gasteiger partial charge in [0.15, 0.2) is 6.10 Å². The molecular formula is C25H23N3O4.